The van der Waals surface area contributed by atoms with Crippen molar-refractivity contribution in [1.29, 1.82) is 0 Å². The molecule has 1 aliphatic heterocycles. The van der Waals surface area contributed by atoms with E-state index in [0.717, 1.165) is 12.6 Å². The number of hydrogen-bond acceptors (Lipinski definition) is 2. The van der Waals surface area contributed by atoms with Crippen LogP contribution in [0.1, 0.15) is 31.7 Å². The summed E-state index contributed by atoms with van der Waals surface area (Å²) in [4.78, 5) is 2.55. The lowest BCUT2D eigenvalue weighted by molar-refractivity contribution is 0.645. The van der Waals surface area contributed by atoms with Gasteiger partial charge in [-0.3, -0.25) is 0 Å². The molecule has 17 heavy (non-hydrogen) atoms. The summed E-state index contributed by atoms with van der Waals surface area (Å²) in [6.45, 7) is 4.40. The number of nitrogens with one attached hydrogen (secondary N) is 1. The van der Waals surface area contributed by atoms with E-state index in [9.17, 15) is 0 Å². The minimum Gasteiger partial charge on any atom is -0.369 e. The second kappa shape index (κ2) is 5.87. The number of rotatable bonds is 4. The summed E-state index contributed by atoms with van der Waals surface area (Å²) in [6, 6.07) is 7.48. The topological polar surface area (TPSA) is 15.3 Å². The monoisotopic (exact) mass is 296 g/mol. The highest BCUT2D eigenvalue weighted by atomic mass is 79.9. The van der Waals surface area contributed by atoms with Gasteiger partial charge in [-0.2, -0.15) is 0 Å². The highest BCUT2D eigenvalue weighted by Gasteiger charge is 2.23. The van der Waals surface area contributed by atoms with Gasteiger partial charge in [-0.05, 0) is 44.0 Å². The van der Waals surface area contributed by atoms with Gasteiger partial charge in [0.15, 0.2) is 0 Å². The molecule has 0 amide bonds. The Hall–Kier alpha value is -0.540. The Labute approximate surface area is 113 Å². The summed E-state index contributed by atoms with van der Waals surface area (Å²) in [7, 11) is 1.98. The van der Waals surface area contributed by atoms with Crippen molar-refractivity contribution in [3.8, 4) is 0 Å². The molecule has 94 valence electrons. The van der Waals surface area contributed by atoms with Crippen molar-refractivity contribution in [3.63, 3.8) is 0 Å². The summed E-state index contributed by atoms with van der Waals surface area (Å²) in [5.41, 5.74) is 2.68. The molecule has 1 saturated heterocycles. The minimum atomic E-state index is 0.733. The van der Waals surface area contributed by atoms with E-state index in [-0.39, 0.29) is 0 Å². The molecule has 2 nitrogen and oxygen atoms in total. The van der Waals surface area contributed by atoms with Crippen LogP contribution in [0, 0.1) is 0 Å². The molecular formula is C14H21BrN2. The molecular weight excluding hydrogens is 276 g/mol. The maximum Gasteiger partial charge on any atom is 0.0380 e. The standard InChI is InChI=1S/C14H21BrN2/c1-3-12-5-4-8-17(12)13-7-6-11(10-16-2)14(15)9-13/h6-7,9,12,16H,3-5,8,10H2,1-2H3. The predicted molar refractivity (Wildman–Crippen MR) is 77.6 cm³/mol. The van der Waals surface area contributed by atoms with E-state index in [2.05, 4.69) is 51.3 Å². The van der Waals surface area contributed by atoms with Crippen molar-refractivity contribution >= 4 is 21.6 Å². The van der Waals surface area contributed by atoms with Crippen LogP contribution in [0.2, 0.25) is 0 Å². The zero-order valence-electron chi connectivity index (χ0n) is 10.7. The van der Waals surface area contributed by atoms with Crippen molar-refractivity contribution in [2.24, 2.45) is 0 Å². The van der Waals surface area contributed by atoms with Gasteiger partial charge in [-0.25, -0.2) is 0 Å². The molecule has 0 spiro atoms. The molecule has 1 heterocycles. The lowest BCUT2D eigenvalue weighted by Gasteiger charge is -2.26. The first-order chi connectivity index (χ1) is 8.26. The smallest absolute Gasteiger partial charge is 0.0380 e. The molecule has 1 aliphatic rings. The molecule has 0 aliphatic carbocycles. The van der Waals surface area contributed by atoms with Crippen LogP contribution in [0.15, 0.2) is 22.7 Å². The van der Waals surface area contributed by atoms with E-state index in [1.807, 2.05) is 7.05 Å². The lowest BCUT2D eigenvalue weighted by atomic mass is 10.1. The van der Waals surface area contributed by atoms with Crippen LogP contribution in [-0.4, -0.2) is 19.6 Å². The van der Waals surface area contributed by atoms with Crippen molar-refractivity contribution in [2.75, 3.05) is 18.5 Å². The van der Waals surface area contributed by atoms with E-state index in [0.29, 0.717) is 0 Å². The molecule has 1 aromatic rings. The number of hydrogen-bond donors (Lipinski definition) is 1. The minimum absolute atomic E-state index is 0.733. The van der Waals surface area contributed by atoms with Gasteiger partial charge in [0.05, 0.1) is 0 Å². The van der Waals surface area contributed by atoms with Gasteiger partial charge in [0, 0.05) is 29.3 Å². The van der Waals surface area contributed by atoms with Crippen LogP contribution in [0.25, 0.3) is 0 Å². The first-order valence-electron chi connectivity index (χ1n) is 6.46. The maximum atomic E-state index is 3.67. The second-order valence-corrected chi connectivity index (χ2v) is 5.56. The lowest BCUT2D eigenvalue weighted by Crippen LogP contribution is -2.28. The number of benzene rings is 1. The van der Waals surface area contributed by atoms with Gasteiger partial charge >= 0.3 is 0 Å². The van der Waals surface area contributed by atoms with Gasteiger partial charge in [0.25, 0.3) is 0 Å². The Morgan fingerprint density at radius 3 is 2.94 bits per heavy atom. The zero-order chi connectivity index (χ0) is 12.3. The number of anilines is 1. The molecule has 0 aromatic heterocycles. The third kappa shape index (κ3) is 2.83. The molecule has 1 atom stereocenters. The van der Waals surface area contributed by atoms with E-state index in [1.54, 1.807) is 0 Å². The van der Waals surface area contributed by atoms with Gasteiger partial charge in [-0.1, -0.05) is 28.9 Å². The summed E-state index contributed by atoms with van der Waals surface area (Å²) in [5, 5.41) is 3.19. The Morgan fingerprint density at radius 2 is 2.29 bits per heavy atom. The highest BCUT2D eigenvalue weighted by Crippen LogP contribution is 2.30. The largest absolute Gasteiger partial charge is 0.369 e. The van der Waals surface area contributed by atoms with E-state index >= 15 is 0 Å². The summed E-state index contributed by atoms with van der Waals surface area (Å²) in [5.74, 6) is 0. The van der Waals surface area contributed by atoms with Crippen LogP contribution in [0.5, 0.6) is 0 Å². The van der Waals surface area contributed by atoms with Crippen molar-refractivity contribution in [3.05, 3.63) is 28.2 Å². The second-order valence-electron chi connectivity index (χ2n) is 4.70. The van der Waals surface area contributed by atoms with Gasteiger partial charge in [0.1, 0.15) is 0 Å². The normalized spacial score (nSPS) is 19.9. The van der Waals surface area contributed by atoms with Crippen molar-refractivity contribution in [2.45, 2.75) is 38.8 Å². The Morgan fingerprint density at radius 1 is 1.47 bits per heavy atom. The third-order valence-electron chi connectivity index (χ3n) is 3.58. The molecule has 3 heteroatoms. The molecule has 0 bridgehead atoms. The quantitative estimate of drug-likeness (QED) is 0.914. The fourth-order valence-electron chi connectivity index (χ4n) is 2.65. The molecule has 0 saturated carbocycles. The summed E-state index contributed by atoms with van der Waals surface area (Å²) >= 11 is 3.67. The van der Waals surface area contributed by atoms with E-state index < -0.39 is 0 Å². The fraction of sp³-hybridized carbons (Fsp3) is 0.571. The van der Waals surface area contributed by atoms with Crippen LogP contribution >= 0.6 is 15.9 Å². The zero-order valence-corrected chi connectivity index (χ0v) is 12.3. The first kappa shape index (κ1) is 12.9. The Kier molecular flexibility index (Phi) is 4.46. The first-order valence-corrected chi connectivity index (χ1v) is 7.25. The van der Waals surface area contributed by atoms with Gasteiger partial charge < -0.3 is 10.2 Å². The van der Waals surface area contributed by atoms with Crippen LogP contribution in [-0.2, 0) is 6.54 Å². The van der Waals surface area contributed by atoms with Crippen molar-refractivity contribution in [1.82, 2.24) is 5.32 Å². The average molecular weight is 297 g/mol. The summed E-state index contributed by atoms with van der Waals surface area (Å²) < 4.78 is 1.21. The van der Waals surface area contributed by atoms with Gasteiger partial charge in [0.2, 0.25) is 0 Å². The van der Waals surface area contributed by atoms with Crippen LogP contribution in [0.3, 0.4) is 0 Å². The molecule has 1 fully saturated rings. The molecule has 1 aromatic carbocycles. The van der Waals surface area contributed by atoms with Crippen molar-refractivity contribution < 1.29 is 0 Å². The molecule has 1 unspecified atom stereocenters. The highest BCUT2D eigenvalue weighted by molar-refractivity contribution is 9.10. The third-order valence-corrected chi connectivity index (χ3v) is 4.32. The van der Waals surface area contributed by atoms with Crippen LogP contribution < -0.4 is 10.2 Å². The van der Waals surface area contributed by atoms with Crippen LogP contribution in [0.4, 0.5) is 5.69 Å². The molecule has 1 N–H and O–H groups in total. The average Bonchev–Trinajstić information content (AvgIpc) is 2.80. The Bertz CT molecular complexity index is 378. The SMILES string of the molecule is CCC1CCCN1c1ccc(CNC)c(Br)c1. The van der Waals surface area contributed by atoms with E-state index in [4.69, 9.17) is 0 Å². The molecule has 2 rings (SSSR count). The molecule has 0 radical (unpaired) electrons. The number of halogens is 1. The fourth-order valence-corrected chi connectivity index (χ4v) is 3.16. The predicted octanol–water partition coefficient (Wildman–Crippen LogP) is 3.55. The summed E-state index contributed by atoms with van der Waals surface area (Å²) in [6.07, 6.45) is 3.91. The maximum absolute atomic E-state index is 3.67. The Balaban J connectivity index is 2.19. The number of nitrogens with zero attached hydrogens (tertiary/aromatic N) is 1. The van der Waals surface area contributed by atoms with E-state index in [1.165, 1.54) is 41.5 Å². The van der Waals surface area contributed by atoms with Gasteiger partial charge in [-0.15, -0.1) is 0 Å².